The van der Waals surface area contributed by atoms with E-state index in [1.165, 1.54) is 5.56 Å². The Morgan fingerprint density at radius 1 is 1.30 bits per heavy atom. The summed E-state index contributed by atoms with van der Waals surface area (Å²) < 4.78 is 4.98. The Labute approximate surface area is 121 Å². The van der Waals surface area contributed by atoms with Gasteiger partial charge in [-0.15, -0.1) is 0 Å². The number of aliphatic imine (C=N–C) groups is 1. The number of aliphatic hydroxyl groups excluding tert-OH is 1. The fourth-order valence-corrected chi connectivity index (χ4v) is 1.69. The second-order valence-corrected chi connectivity index (χ2v) is 4.57. The number of nitrogens with one attached hydrogen (secondary N) is 2. The van der Waals surface area contributed by atoms with E-state index in [9.17, 15) is 5.11 Å². The summed E-state index contributed by atoms with van der Waals surface area (Å²) in [5.41, 5.74) is 2.06. The molecule has 0 radical (unpaired) electrons. The van der Waals surface area contributed by atoms with Crippen LogP contribution in [0.1, 0.15) is 24.2 Å². The zero-order chi connectivity index (χ0) is 14.8. The highest BCUT2D eigenvalue weighted by Crippen LogP contribution is 2.13. The molecule has 1 rings (SSSR count). The molecule has 0 spiro atoms. The lowest BCUT2D eigenvalue weighted by Crippen LogP contribution is -2.39. The van der Waals surface area contributed by atoms with E-state index in [0.717, 1.165) is 12.1 Å². The first kappa shape index (κ1) is 16.5. The average Bonchev–Trinajstić information content (AvgIpc) is 2.45. The van der Waals surface area contributed by atoms with Crippen LogP contribution in [0, 0.1) is 6.92 Å². The fourth-order valence-electron chi connectivity index (χ4n) is 1.69. The fraction of sp³-hybridized carbons (Fsp3) is 0.533. The van der Waals surface area contributed by atoms with Gasteiger partial charge in [-0.1, -0.05) is 29.8 Å². The van der Waals surface area contributed by atoms with Crippen LogP contribution in [0.2, 0.25) is 0 Å². The first-order chi connectivity index (χ1) is 9.67. The number of methoxy groups -OCH3 is 1. The van der Waals surface area contributed by atoms with Crippen molar-refractivity contribution in [2.24, 2.45) is 4.99 Å². The van der Waals surface area contributed by atoms with Gasteiger partial charge in [-0.25, -0.2) is 0 Å². The molecule has 5 nitrogen and oxygen atoms in total. The summed E-state index contributed by atoms with van der Waals surface area (Å²) >= 11 is 0. The molecule has 20 heavy (non-hydrogen) atoms. The molecule has 0 fully saturated rings. The number of ether oxygens (including phenoxy) is 1. The zero-order valence-electron chi connectivity index (χ0n) is 12.5. The molecule has 0 amide bonds. The second-order valence-electron chi connectivity index (χ2n) is 4.57. The van der Waals surface area contributed by atoms with Gasteiger partial charge in [0.1, 0.15) is 0 Å². The molecule has 0 heterocycles. The van der Waals surface area contributed by atoms with Crippen molar-refractivity contribution >= 4 is 5.96 Å². The molecule has 1 unspecified atom stereocenters. The van der Waals surface area contributed by atoms with Crippen molar-refractivity contribution in [1.82, 2.24) is 10.6 Å². The quantitative estimate of drug-likeness (QED) is 0.399. The Balaban J connectivity index is 2.54. The van der Waals surface area contributed by atoms with Crippen LogP contribution in [0.25, 0.3) is 0 Å². The van der Waals surface area contributed by atoms with Gasteiger partial charge in [0.05, 0.1) is 19.3 Å². The number of aryl methyl sites for hydroxylation is 1. The van der Waals surface area contributed by atoms with Gasteiger partial charge in [0, 0.05) is 20.2 Å². The molecule has 1 atom stereocenters. The number of nitrogens with zero attached hydrogens (tertiary/aromatic N) is 1. The van der Waals surface area contributed by atoms with Crippen molar-refractivity contribution in [3.05, 3.63) is 35.4 Å². The van der Waals surface area contributed by atoms with Gasteiger partial charge < -0.3 is 20.5 Å². The topological polar surface area (TPSA) is 65.9 Å². The third-order valence-electron chi connectivity index (χ3n) is 2.83. The maximum atomic E-state index is 10.1. The maximum Gasteiger partial charge on any atom is 0.191 e. The molecule has 0 saturated heterocycles. The van der Waals surface area contributed by atoms with Gasteiger partial charge in [0.25, 0.3) is 0 Å². The highest BCUT2D eigenvalue weighted by molar-refractivity contribution is 5.79. The van der Waals surface area contributed by atoms with E-state index >= 15 is 0 Å². The predicted molar refractivity (Wildman–Crippen MR) is 82.0 cm³/mol. The minimum absolute atomic E-state index is 0.325. The molecule has 0 aromatic heterocycles. The number of benzene rings is 1. The molecule has 0 aliphatic heterocycles. The van der Waals surface area contributed by atoms with Gasteiger partial charge in [-0.05, 0) is 19.4 Å². The molecule has 5 heteroatoms. The third-order valence-corrected chi connectivity index (χ3v) is 2.83. The maximum absolute atomic E-state index is 10.1. The molecule has 0 saturated carbocycles. The Kier molecular flexibility index (Phi) is 7.69. The van der Waals surface area contributed by atoms with Crippen LogP contribution in [-0.4, -0.2) is 44.4 Å². The molecule has 0 bridgehead atoms. The molecule has 1 aromatic rings. The first-order valence-corrected chi connectivity index (χ1v) is 6.93. The zero-order valence-corrected chi connectivity index (χ0v) is 12.5. The smallest absolute Gasteiger partial charge is 0.191 e. The summed E-state index contributed by atoms with van der Waals surface area (Å²) in [6.45, 7) is 6.43. The normalized spacial score (nSPS) is 13.1. The minimum Gasteiger partial charge on any atom is -0.386 e. The molecule has 112 valence electrons. The lowest BCUT2D eigenvalue weighted by atomic mass is 10.1. The molecule has 3 N–H and O–H groups in total. The van der Waals surface area contributed by atoms with Crippen molar-refractivity contribution in [1.29, 1.82) is 0 Å². The molecular weight excluding hydrogens is 254 g/mol. The Bertz CT molecular complexity index is 404. The van der Waals surface area contributed by atoms with Crippen LogP contribution < -0.4 is 10.6 Å². The monoisotopic (exact) mass is 279 g/mol. The lowest BCUT2D eigenvalue weighted by Gasteiger charge is -2.13. The Morgan fingerprint density at radius 2 is 2.00 bits per heavy atom. The van der Waals surface area contributed by atoms with E-state index in [2.05, 4.69) is 15.6 Å². The molecule has 1 aromatic carbocycles. The number of hydrogen-bond acceptors (Lipinski definition) is 3. The highest BCUT2D eigenvalue weighted by atomic mass is 16.5. The van der Waals surface area contributed by atoms with E-state index in [4.69, 9.17) is 4.74 Å². The average molecular weight is 279 g/mol. The predicted octanol–water partition coefficient (Wildman–Crippen LogP) is 1.23. The van der Waals surface area contributed by atoms with Crippen LogP contribution >= 0.6 is 0 Å². The lowest BCUT2D eigenvalue weighted by molar-refractivity contribution is 0.187. The van der Waals surface area contributed by atoms with E-state index in [1.807, 2.05) is 38.1 Å². The van der Waals surface area contributed by atoms with Crippen LogP contribution in [0.5, 0.6) is 0 Å². The van der Waals surface area contributed by atoms with Gasteiger partial charge in [-0.2, -0.15) is 0 Å². The summed E-state index contributed by atoms with van der Waals surface area (Å²) in [6.07, 6.45) is -0.589. The SMILES string of the molecule is CCNC(=NCC(O)c1ccc(C)cc1)NCCOC. The Hall–Kier alpha value is -1.59. The van der Waals surface area contributed by atoms with Crippen molar-refractivity contribution < 1.29 is 9.84 Å². The van der Waals surface area contributed by atoms with Gasteiger partial charge in [0.15, 0.2) is 5.96 Å². The minimum atomic E-state index is -0.589. The number of aliphatic hydroxyl groups is 1. The Morgan fingerprint density at radius 3 is 2.60 bits per heavy atom. The summed E-state index contributed by atoms with van der Waals surface area (Å²) in [5, 5.41) is 16.4. The molecule has 0 aliphatic carbocycles. The van der Waals surface area contributed by atoms with Gasteiger partial charge >= 0.3 is 0 Å². The summed E-state index contributed by atoms with van der Waals surface area (Å²) in [6, 6.07) is 7.84. The highest BCUT2D eigenvalue weighted by Gasteiger charge is 2.07. The van der Waals surface area contributed by atoms with Crippen LogP contribution in [0.4, 0.5) is 0 Å². The van der Waals surface area contributed by atoms with Gasteiger partial charge in [0.2, 0.25) is 0 Å². The van der Waals surface area contributed by atoms with Crippen LogP contribution in [0.3, 0.4) is 0 Å². The molecule has 0 aliphatic rings. The summed E-state index contributed by atoms with van der Waals surface area (Å²) in [4.78, 5) is 4.37. The first-order valence-electron chi connectivity index (χ1n) is 6.93. The standard InChI is InChI=1S/C15H25N3O2/c1-4-16-15(17-9-10-20-3)18-11-14(19)13-7-5-12(2)6-8-13/h5-8,14,19H,4,9-11H2,1-3H3,(H2,16,17,18). The largest absolute Gasteiger partial charge is 0.386 e. The van der Waals surface area contributed by atoms with E-state index < -0.39 is 6.10 Å². The van der Waals surface area contributed by atoms with Crippen molar-refractivity contribution in [3.63, 3.8) is 0 Å². The number of guanidine groups is 1. The van der Waals surface area contributed by atoms with Crippen LogP contribution in [0.15, 0.2) is 29.3 Å². The summed E-state index contributed by atoms with van der Waals surface area (Å²) in [7, 11) is 1.66. The number of hydrogen-bond donors (Lipinski definition) is 3. The van der Waals surface area contributed by atoms with E-state index in [0.29, 0.717) is 25.7 Å². The second kappa shape index (κ2) is 9.34. The third kappa shape index (κ3) is 6.04. The molecular formula is C15H25N3O2. The van der Waals surface area contributed by atoms with Crippen molar-refractivity contribution in [3.8, 4) is 0 Å². The number of rotatable bonds is 7. The van der Waals surface area contributed by atoms with E-state index in [-0.39, 0.29) is 0 Å². The van der Waals surface area contributed by atoms with Crippen LogP contribution in [-0.2, 0) is 4.74 Å². The van der Waals surface area contributed by atoms with E-state index in [1.54, 1.807) is 7.11 Å². The van der Waals surface area contributed by atoms with Crippen molar-refractivity contribution in [2.75, 3.05) is 33.4 Å². The summed E-state index contributed by atoms with van der Waals surface area (Å²) in [5.74, 6) is 0.690. The van der Waals surface area contributed by atoms with Gasteiger partial charge in [-0.3, -0.25) is 4.99 Å². The van der Waals surface area contributed by atoms with Crippen molar-refractivity contribution in [2.45, 2.75) is 20.0 Å².